The molecule has 2 aromatic carbocycles. The number of anilines is 1. The van der Waals surface area contributed by atoms with Crippen molar-refractivity contribution in [2.75, 3.05) is 25.5 Å². The number of allylic oxidation sites excluding steroid dienone is 1. The number of nitrogens with zero attached hydrogens (tertiary/aromatic N) is 4. The Morgan fingerprint density at radius 1 is 1.00 bits per heavy atom. The van der Waals surface area contributed by atoms with E-state index in [2.05, 4.69) is 27.4 Å². The number of aromatic nitrogens is 2. The summed E-state index contributed by atoms with van der Waals surface area (Å²) in [4.78, 5) is 73.7. The Morgan fingerprint density at radius 3 is 2.33 bits per heavy atom. The zero-order chi connectivity index (χ0) is 43.5. The Hall–Kier alpha value is -5.25. The van der Waals surface area contributed by atoms with E-state index in [9.17, 15) is 27.6 Å². The standard InChI is InChI=1S/C42H53N7O8S.C2H6.3H2/c1-6-49-39(52)33-14-10-9-13-32(33)38(45-49)57-30-22-34-37(51)44-42(41(54)46-58(55,56)31-19-20-31)23-28(42)12-8-7-11-25(2)21-26(3)35(40(53)48(34)24-30)43-36(50)27-15-17-29(18-16-27)47(4)5;1-2;;;/h8-10,12-18,25-26,28,30-31,34-35H,6-7,11,19-24H2,1-5H3,(H,43,50)(H,44,51)(H,46,54);1-2H3;3*1H/b12-8-;;;;/t25-,26-,28-,30-,34+,35?,42-;;;;/m1..../s1. The van der Waals surface area contributed by atoms with Crippen molar-refractivity contribution in [2.45, 2.75) is 115 Å². The number of hydrogen-bond acceptors (Lipinski definition) is 10. The second kappa shape index (κ2) is 18.2. The maximum Gasteiger partial charge on any atom is 0.274 e. The molecule has 4 amide bonds. The van der Waals surface area contributed by atoms with Crippen molar-refractivity contribution in [3.63, 3.8) is 0 Å². The second-order valence-corrected chi connectivity index (χ2v) is 18.6. The van der Waals surface area contributed by atoms with E-state index in [0.29, 0.717) is 42.0 Å². The minimum atomic E-state index is -3.92. The first-order valence-corrected chi connectivity index (χ1v) is 22.8. The van der Waals surface area contributed by atoms with Crippen molar-refractivity contribution in [1.82, 2.24) is 30.0 Å². The van der Waals surface area contributed by atoms with Crippen LogP contribution in [0.3, 0.4) is 0 Å². The number of ether oxygens (including phenoxy) is 1. The lowest BCUT2D eigenvalue weighted by molar-refractivity contribution is -0.142. The molecule has 7 atom stereocenters. The number of carbonyl (C=O) groups excluding carboxylic acids is 4. The summed E-state index contributed by atoms with van der Waals surface area (Å²) < 4.78 is 35.9. The molecule has 3 heterocycles. The lowest BCUT2D eigenvalue weighted by atomic mass is 9.87. The van der Waals surface area contributed by atoms with E-state index in [1.165, 1.54) is 9.58 Å². The lowest BCUT2D eigenvalue weighted by Gasteiger charge is -2.33. The van der Waals surface area contributed by atoms with Crippen LogP contribution >= 0.6 is 0 Å². The van der Waals surface area contributed by atoms with Gasteiger partial charge in [0.05, 0.1) is 22.6 Å². The van der Waals surface area contributed by atoms with Crippen molar-refractivity contribution in [2.24, 2.45) is 17.8 Å². The first-order valence-electron chi connectivity index (χ1n) is 21.2. The lowest BCUT2D eigenvalue weighted by Crippen LogP contribution is -2.59. The summed E-state index contributed by atoms with van der Waals surface area (Å²) in [5.74, 6) is -2.88. The zero-order valence-electron chi connectivity index (χ0n) is 35.6. The first-order chi connectivity index (χ1) is 28.6. The fourth-order valence-electron chi connectivity index (χ4n) is 8.30. The molecule has 2 aliphatic heterocycles. The highest BCUT2D eigenvalue weighted by atomic mass is 32.2. The number of benzene rings is 2. The summed E-state index contributed by atoms with van der Waals surface area (Å²) in [6, 6.07) is 11.8. The first kappa shape index (κ1) is 44.3. The van der Waals surface area contributed by atoms with Gasteiger partial charge in [-0.05, 0) is 93.7 Å². The van der Waals surface area contributed by atoms with Gasteiger partial charge >= 0.3 is 0 Å². The van der Waals surface area contributed by atoms with Crippen LogP contribution in [0.1, 0.15) is 94.2 Å². The number of rotatable bonds is 9. The molecule has 1 saturated heterocycles. The predicted octanol–water partition coefficient (Wildman–Crippen LogP) is 4.89. The maximum absolute atomic E-state index is 15.0. The molecular formula is C44H65N7O8S. The van der Waals surface area contributed by atoms with E-state index >= 15 is 4.79 Å². The van der Waals surface area contributed by atoms with Gasteiger partial charge in [-0.3, -0.25) is 28.7 Å². The van der Waals surface area contributed by atoms with Gasteiger partial charge in [-0.25, -0.2) is 13.1 Å². The average Bonchev–Trinajstić information content (AvgIpc) is 4.16. The molecule has 7 rings (SSSR count). The van der Waals surface area contributed by atoms with E-state index in [-0.39, 0.29) is 53.5 Å². The number of hydrogen-bond donors (Lipinski definition) is 3. The van der Waals surface area contributed by atoms with E-state index in [1.807, 2.05) is 64.1 Å². The Bertz CT molecular complexity index is 2310. The normalized spacial score (nSPS) is 27.4. The molecule has 2 saturated carbocycles. The quantitative estimate of drug-likeness (QED) is 0.250. The second-order valence-electron chi connectivity index (χ2n) is 16.6. The van der Waals surface area contributed by atoms with Crippen molar-refractivity contribution >= 4 is 50.1 Å². The van der Waals surface area contributed by atoms with E-state index in [0.717, 1.165) is 12.1 Å². The maximum atomic E-state index is 15.0. The van der Waals surface area contributed by atoms with Crippen LogP contribution in [-0.2, 0) is 31.0 Å². The molecule has 1 unspecified atom stereocenters. The van der Waals surface area contributed by atoms with Gasteiger partial charge in [0.2, 0.25) is 27.7 Å². The Kier molecular flexibility index (Phi) is 13.4. The topological polar surface area (TPSA) is 189 Å². The molecule has 3 aromatic rings. The van der Waals surface area contributed by atoms with Gasteiger partial charge < -0.3 is 25.2 Å². The summed E-state index contributed by atoms with van der Waals surface area (Å²) in [5.41, 5.74) is -0.545. The summed E-state index contributed by atoms with van der Waals surface area (Å²) in [5, 5.41) is 10.6. The number of nitrogens with one attached hydrogen (secondary N) is 3. The van der Waals surface area contributed by atoms with E-state index in [4.69, 9.17) is 4.74 Å². The summed E-state index contributed by atoms with van der Waals surface area (Å²) in [7, 11) is -0.125. The predicted molar refractivity (Wildman–Crippen MR) is 236 cm³/mol. The molecule has 330 valence electrons. The minimum absolute atomic E-state index is 0. The van der Waals surface area contributed by atoms with Gasteiger partial charge in [-0.2, -0.15) is 0 Å². The minimum Gasteiger partial charge on any atom is -0.471 e. The third kappa shape index (κ3) is 9.38. The van der Waals surface area contributed by atoms with Crippen molar-refractivity contribution < 1.29 is 36.6 Å². The van der Waals surface area contributed by atoms with Crippen LogP contribution in [0.4, 0.5) is 5.69 Å². The molecule has 0 bridgehead atoms. The van der Waals surface area contributed by atoms with Crippen LogP contribution in [-0.4, -0.2) is 96.3 Å². The number of fused-ring (bicyclic) bond motifs is 3. The van der Waals surface area contributed by atoms with Crippen LogP contribution in [0.25, 0.3) is 10.8 Å². The van der Waals surface area contributed by atoms with Crippen LogP contribution in [0.15, 0.2) is 65.5 Å². The van der Waals surface area contributed by atoms with Gasteiger partial charge in [0.15, 0.2) is 0 Å². The van der Waals surface area contributed by atoms with Crippen LogP contribution < -0.4 is 30.6 Å². The molecule has 1 aromatic heterocycles. The highest BCUT2D eigenvalue weighted by Gasteiger charge is 2.62. The van der Waals surface area contributed by atoms with Gasteiger partial charge in [0.25, 0.3) is 17.4 Å². The molecule has 4 aliphatic rings. The largest absolute Gasteiger partial charge is 0.471 e. The van der Waals surface area contributed by atoms with Crippen molar-refractivity contribution in [3.8, 4) is 5.88 Å². The summed E-state index contributed by atoms with van der Waals surface area (Å²) >= 11 is 0. The van der Waals surface area contributed by atoms with Gasteiger partial charge in [-0.15, -0.1) is 5.10 Å². The molecule has 15 nitrogen and oxygen atoms in total. The number of carbonyl (C=O) groups is 4. The number of amides is 4. The van der Waals surface area contributed by atoms with Crippen LogP contribution in [0, 0.1) is 17.8 Å². The molecular weight excluding hydrogens is 787 g/mol. The molecule has 2 aliphatic carbocycles. The molecule has 16 heteroatoms. The van der Waals surface area contributed by atoms with Crippen molar-refractivity contribution in [1.29, 1.82) is 0 Å². The fraction of sp³-hybridized carbons (Fsp3) is 0.545. The zero-order valence-corrected chi connectivity index (χ0v) is 36.5. The fourth-order valence-corrected chi connectivity index (χ4v) is 9.66. The number of sulfonamides is 1. The Balaban J connectivity index is 0.00000208. The van der Waals surface area contributed by atoms with Crippen LogP contribution in [0.5, 0.6) is 5.88 Å². The monoisotopic (exact) mass is 851 g/mol. The number of aryl methyl sites for hydroxylation is 1. The highest BCUT2D eigenvalue weighted by Crippen LogP contribution is 2.46. The smallest absolute Gasteiger partial charge is 0.274 e. The van der Waals surface area contributed by atoms with Crippen LogP contribution in [0.2, 0.25) is 0 Å². The third-order valence-electron chi connectivity index (χ3n) is 12.0. The molecule has 60 heavy (non-hydrogen) atoms. The van der Waals surface area contributed by atoms with Gasteiger partial charge in [0.1, 0.15) is 23.7 Å². The summed E-state index contributed by atoms with van der Waals surface area (Å²) in [6.45, 7) is 10.0. The highest BCUT2D eigenvalue weighted by molar-refractivity contribution is 7.91. The van der Waals surface area contributed by atoms with E-state index < -0.39 is 68.5 Å². The Labute approximate surface area is 356 Å². The Morgan fingerprint density at radius 2 is 1.68 bits per heavy atom. The third-order valence-corrected chi connectivity index (χ3v) is 13.8. The van der Waals surface area contributed by atoms with Crippen molar-refractivity contribution in [3.05, 3.63) is 76.6 Å². The molecule has 3 fully saturated rings. The molecule has 3 N–H and O–H groups in total. The SMILES string of the molecule is CC.CCn1nc(O[C@@H]2C[C@H]3C(=O)N[C@]4(C(=O)NS(=O)(=O)C5CC5)C[C@H]4/C=C\CC[C@@H](C)C[C@@H](C)C(NC(=O)c4ccc(N(C)C)cc4)C(=O)N3C2)c2ccccc2c1=O.[HH].[HH].[HH]. The molecule has 0 spiro atoms. The average molecular weight is 852 g/mol. The summed E-state index contributed by atoms with van der Waals surface area (Å²) in [6.07, 6.45) is 6.18. The van der Waals surface area contributed by atoms with E-state index in [1.54, 1.807) is 43.3 Å². The molecule has 0 radical (unpaired) electrons. The van der Waals surface area contributed by atoms with Gasteiger partial charge in [0, 0.05) is 48.5 Å². The van der Waals surface area contributed by atoms with Gasteiger partial charge in [-0.1, -0.05) is 52.0 Å².